The van der Waals surface area contributed by atoms with Gasteiger partial charge in [0, 0.05) is 17.5 Å². The largest absolute Gasteiger partial charge is 0.493 e. The van der Waals surface area contributed by atoms with Gasteiger partial charge in [0.15, 0.2) is 0 Å². The van der Waals surface area contributed by atoms with Crippen LogP contribution >= 0.6 is 11.6 Å². The van der Waals surface area contributed by atoms with Crippen molar-refractivity contribution < 1.29 is 19.4 Å². The molecule has 1 amide bonds. The number of carbonyl (C=O) groups is 2. The molecule has 1 atom stereocenters. The molecular formula is C14H18ClNO4. The number of amides is 1. The zero-order chi connectivity index (χ0) is 15.1. The van der Waals surface area contributed by atoms with Gasteiger partial charge >= 0.3 is 5.97 Å². The Hall–Kier alpha value is -1.75. The van der Waals surface area contributed by atoms with Gasteiger partial charge in [0.25, 0.3) is 5.91 Å². The highest BCUT2D eigenvalue weighted by Gasteiger charge is 2.15. The van der Waals surface area contributed by atoms with E-state index in [0.29, 0.717) is 29.4 Å². The molecule has 0 saturated carbocycles. The highest BCUT2D eigenvalue weighted by Crippen LogP contribution is 2.23. The predicted molar refractivity (Wildman–Crippen MR) is 76.4 cm³/mol. The van der Waals surface area contributed by atoms with Gasteiger partial charge in [-0.1, -0.05) is 11.6 Å². The fraction of sp³-hybridized carbons (Fsp3) is 0.429. The molecule has 20 heavy (non-hydrogen) atoms. The van der Waals surface area contributed by atoms with Crippen molar-refractivity contribution in [1.29, 1.82) is 0 Å². The molecule has 0 saturated heterocycles. The van der Waals surface area contributed by atoms with E-state index >= 15 is 0 Å². The summed E-state index contributed by atoms with van der Waals surface area (Å²) in [6, 6.07) is 4.55. The normalized spacial score (nSPS) is 11.8. The lowest BCUT2D eigenvalue weighted by Gasteiger charge is -2.15. The van der Waals surface area contributed by atoms with Gasteiger partial charge in [-0.25, -0.2) is 0 Å². The molecule has 1 rings (SSSR count). The first kappa shape index (κ1) is 16.3. The van der Waals surface area contributed by atoms with Crippen LogP contribution in [0.25, 0.3) is 0 Å². The summed E-state index contributed by atoms with van der Waals surface area (Å²) in [5, 5.41) is 11.8. The number of aliphatic carboxylic acids is 1. The van der Waals surface area contributed by atoms with Gasteiger partial charge in [0.05, 0.1) is 12.2 Å². The van der Waals surface area contributed by atoms with Gasteiger partial charge in [0.2, 0.25) is 0 Å². The summed E-state index contributed by atoms with van der Waals surface area (Å²) < 4.78 is 5.38. The minimum Gasteiger partial charge on any atom is -0.493 e. The minimum atomic E-state index is -0.882. The highest BCUT2D eigenvalue weighted by atomic mass is 35.5. The zero-order valence-corrected chi connectivity index (χ0v) is 12.2. The van der Waals surface area contributed by atoms with Crippen LogP contribution in [0.15, 0.2) is 18.2 Å². The number of carboxylic acid groups (broad SMARTS) is 1. The van der Waals surface area contributed by atoms with E-state index in [1.807, 2.05) is 6.92 Å². The maximum Gasteiger partial charge on any atom is 0.303 e. The van der Waals surface area contributed by atoms with Crippen molar-refractivity contribution in [3.8, 4) is 5.75 Å². The van der Waals surface area contributed by atoms with Gasteiger partial charge in [-0.15, -0.1) is 0 Å². The van der Waals surface area contributed by atoms with E-state index in [0.717, 1.165) is 0 Å². The van der Waals surface area contributed by atoms with Crippen molar-refractivity contribution in [1.82, 2.24) is 5.32 Å². The average molecular weight is 300 g/mol. The van der Waals surface area contributed by atoms with Crippen molar-refractivity contribution in [2.75, 3.05) is 6.61 Å². The number of carboxylic acids is 1. The van der Waals surface area contributed by atoms with Crippen molar-refractivity contribution in [2.45, 2.75) is 32.7 Å². The number of ether oxygens (including phenoxy) is 1. The van der Waals surface area contributed by atoms with E-state index in [9.17, 15) is 9.59 Å². The average Bonchev–Trinajstić information content (AvgIpc) is 2.36. The lowest BCUT2D eigenvalue weighted by molar-refractivity contribution is -0.137. The predicted octanol–water partition coefficient (Wildman–Crippen LogP) is 2.72. The van der Waals surface area contributed by atoms with Gasteiger partial charge in [0.1, 0.15) is 5.75 Å². The smallest absolute Gasteiger partial charge is 0.303 e. The van der Waals surface area contributed by atoms with E-state index in [2.05, 4.69) is 5.32 Å². The molecule has 0 spiro atoms. The molecule has 6 heteroatoms. The lowest BCUT2D eigenvalue weighted by atomic mass is 10.1. The van der Waals surface area contributed by atoms with Crippen LogP contribution in [0.5, 0.6) is 5.75 Å². The maximum absolute atomic E-state index is 12.1. The van der Waals surface area contributed by atoms with Gasteiger partial charge in [-0.3, -0.25) is 9.59 Å². The van der Waals surface area contributed by atoms with Gasteiger partial charge < -0.3 is 15.2 Å². The van der Waals surface area contributed by atoms with Crippen LogP contribution in [0.1, 0.15) is 37.0 Å². The van der Waals surface area contributed by atoms with Crippen molar-refractivity contribution in [2.24, 2.45) is 0 Å². The van der Waals surface area contributed by atoms with Crippen LogP contribution in [-0.2, 0) is 4.79 Å². The fourth-order valence-corrected chi connectivity index (χ4v) is 1.83. The molecule has 0 aliphatic heterocycles. The van der Waals surface area contributed by atoms with Crippen LogP contribution in [-0.4, -0.2) is 29.6 Å². The summed E-state index contributed by atoms with van der Waals surface area (Å²) in [4.78, 5) is 22.6. The second-order valence-electron chi connectivity index (χ2n) is 4.38. The minimum absolute atomic E-state index is 0.0143. The summed E-state index contributed by atoms with van der Waals surface area (Å²) in [5.74, 6) is -0.765. The molecule has 0 aliphatic rings. The van der Waals surface area contributed by atoms with E-state index in [1.54, 1.807) is 25.1 Å². The molecule has 1 aromatic carbocycles. The van der Waals surface area contributed by atoms with Crippen molar-refractivity contribution >= 4 is 23.5 Å². The first-order chi connectivity index (χ1) is 9.43. The van der Waals surface area contributed by atoms with E-state index in [-0.39, 0.29) is 18.4 Å². The number of hydrogen-bond acceptors (Lipinski definition) is 3. The second kappa shape index (κ2) is 7.75. The number of carbonyl (C=O) groups excluding carboxylic acids is 1. The number of halogens is 1. The molecule has 110 valence electrons. The molecule has 5 nitrogen and oxygen atoms in total. The number of rotatable bonds is 7. The molecule has 0 bridgehead atoms. The van der Waals surface area contributed by atoms with Crippen LogP contribution < -0.4 is 10.1 Å². The number of hydrogen-bond donors (Lipinski definition) is 2. The molecule has 0 fully saturated rings. The Morgan fingerprint density at radius 1 is 1.45 bits per heavy atom. The fourth-order valence-electron chi connectivity index (χ4n) is 1.67. The first-order valence-electron chi connectivity index (χ1n) is 6.39. The van der Waals surface area contributed by atoms with E-state index in [1.165, 1.54) is 0 Å². The third-order valence-corrected chi connectivity index (χ3v) is 2.89. The van der Waals surface area contributed by atoms with Crippen LogP contribution in [0.3, 0.4) is 0 Å². The Morgan fingerprint density at radius 2 is 2.15 bits per heavy atom. The summed E-state index contributed by atoms with van der Waals surface area (Å²) in [6.45, 7) is 4.00. The van der Waals surface area contributed by atoms with Crippen molar-refractivity contribution in [3.63, 3.8) is 0 Å². The third kappa shape index (κ3) is 5.09. The van der Waals surface area contributed by atoms with Gasteiger partial charge in [-0.2, -0.15) is 0 Å². The van der Waals surface area contributed by atoms with Crippen LogP contribution in [0, 0.1) is 0 Å². The summed E-state index contributed by atoms with van der Waals surface area (Å²) >= 11 is 5.87. The number of benzene rings is 1. The standard InChI is InChI=1S/C14H18ClNO4/c1-3-20-12-8-10(15)5-6-11(12)14(19)16-9(2)4-7-13(17)18/h5-6,8-9H,3-4,7H2,1-2H3,(H,16,19)(H,17,18). The molecule has 0 aromatic heterocycles. The Morgan fingerprint density at radius 3 is 2.75 bits per heavy atom. The Bertz CT molecular complexity index is 490. The molecule has 0 heterocycles. The lowest BCUT2D eigenvalue weighted by Crippen LogP contribution is -2.33. The topological polar surface area (TPSA) is 75.6 Å². The monoisotopic (exact) mass is 299 g/mol. The summed E-state index contributed by atoms with van der Waals surface area (Å²) in [6.07, 6.45) is 0.388. The van der Waals surface area contributed by atoms with Crippen LogP contribution in [0.2, 0.25) is 5.02 Å². The van der Waals surface area contributed by atoms with E-state index < -0.39 is 5.97 Å². The molecule has 0 radical (unpaired) electrons. The Balaban J connectivity index is 2.73. The Kier molecular flexibility index (Phi) is 6.31. The van der Waals surface area contributed by atoms with E-state index in [4.69, 9.17) is 21.4 Å². The van der Waals surface area contributed by atoms with Gasteiger partial charge in [-0.05, 0) is 38.5 Å². The molecule has 1 aromatic rings. The molecule has 2 N–H and O–H groups in total. The number of nitrogens with one attached hydrogen (secondary N) is 1. The summed E-state index contributed by atoms with van der Waals surface area (Å²) in [7, 11) is 0. The third-order valence-electron chi connectivity index (χ3n) is 2.66. The molecule has 0 aliphatic carbocycles. The quantitative estimate of drug-likeness (QED) is 0.811. The molecule has 1 unspecified atom stereocenters. The van der Waals surface area contributed by atoms with Crippen LogP contribution in [0.4, 0.5) is 0 Å². The maximum atomic E-state index is 12.1. The first-order valence-corrected chi connectivity index (χ1v) is 6.76. The second-order valence-corrected chi connectivity index (χ2v) is 4.82. The SMILES string of the molecule is CCOc1cc(Cl)ccc1C(=O)NC(C)CCC(=O)O. The summed E-state index contributed by atoms with van der Waals surface area (Å²) in [5.41, 5.74) is 0.387. The van der Waals surface area contributed by atoms with Crippen molar-refractivity contribution in [3.05, 3.63) is 28.8 Å². The Labute approximate surface area is 122 Å². The highest BCUT2D eigenvalue weighted by molar-refractivity contribution is 6.30. The molecular weight excluding hydrogens is 282 g/mol. The zero-order valence-electron chi connectivity index (χ0n) is 11.5.